The average Bonchev–Trinajstić information content (AvgIpc) is 2.68. The zero-order valence-corrected chi connectivity index (χ0v) is 11.8. The molecule has 2 rings (SSSR count). The molecule has 0 aromatic heterocycles. The topological polar surface area (TPSA) is 70.0 Å². The third-order valence-corrected chi connectivity index (χ3v) is 3.62. The molecule has 6 heteroatoms. The van der Waals surface area contributed by atoms with E-state index in [1.54, 1.807) is 17.0 Å². The number of ether oxygens (including phenoxy) is 1. The van der Waals surface area contributed by atoms with Crippen molar-refractivity contribution in [1.29, 1.82) is 0 Å². The fourth-order valence-corrected chi connectivity index (χ4v) is 2.37. The van der Waals surface area contributed by atoms with Crippen LogP contribution in [0, 0.1) is 5.92 Å². The van der Waals surface area contributed by atoms with Crippen molar-refractivity contribution in [2.75, 3.05) is 32.9 Å². The van der Waals surface area contributed by atoms with Gasteiger partial charge in [-0.15, -0.1) is 0 Å². The molecule has 0 bridgehead atoms. The summed E-state index contributed by atoms with van der Waals surface area (Å²) in [7, 11) is 0. The summed E-state index contributed by atoms with van der Waals surface area (Å²) in [6, 6.07) is 4.75. The van der Waals surface area contributed by atoms with Crippen LogP contribution in [0.4, 0.5) is 0 Å². The number of aliphatic hydroxyl groups is 1. The van der Waals surface area contributed by atoms with E-state index in [1.807, 2.05) is 0 Å². The fraction of sp³-hybridized carbons (Fsp3) is 0.500. The predicted octanol–water partition coefficient (Wildman–Crippen LogP) is 1.06. The van der Waals surface area contributed by atoms with Crippen LogP contribution in [0.1, 0.15) is 5.56 Å². The van der Waals surface area contributed by atoms with Gasteiger partial charge in [-0.3, -0.25) is 4.79 Å². The van der Waals surface area contributed by atoms with Gasteiger partial charge < -0.3 is 19.8 Å². The summed E-state index contributed by atoms with van der Waals surface area (Å²) < 4.78 is 5.36. The summed E-state index contributed by atoms with van der Waals surface area (Å²) in [5.74, 6) is -0.0630. The number of benzene rings is 1. The van der Waals surface area contributed by atoms with Gasteiger partial charge in [0.15, 0.2) is 0 Å². The van der Waals surface area contributed by atoms with Crippen LogP contribution < -0.4 is 0 Å². The van der Waals surface area contributed by atoms with Crippen molar-refractivity contribution in [3.05, 3.63) is 28.8 Å². The number of amides is 1. The van der Waals surface area contributed by atoms with Crippen LogP contribution in [0.25, 0.3) is 0 Å². The number of halogens is 1. The minimum atomic E-state index is -0.0372. The Hall–Kier alpha value is -1.30. The van der Waals surface area contributed by atoms with Crippen molar-refractivity contribution in [2.45, 2.75) is 6.42 Å². The van der Waals surface area contributed by atoms with Gasteiger partial charge in [-0.1, -0.05) is 17.7 Å². The van der Waals surface area contributed by atoms with Gasteiger partial charge in [-0.05, 0) is 17.7 Å². The second-order valence-corrected chi connectivity index (χ2v) is 5.33. The maximum absolute atomic E-state index is 12.3. The third-order valence-electron chi connectivity index (χ3n) is 3.32. The van der Waals surface area contributed by atoms with Gasteiger partial charge in [0.05, 0.1) is 24.7 Å². The van der Waals surface area contributed by atoms with Crippen molar-refractivity contribution < 1.29 is 19.7 Å². The molecule has 1 saturated heterocycles. The van der Waals surface area contributed by atoms with Gasteiger partial charge in [-0.25, -0.2) is 0 Å². The number of aliphatic hydroxyl groups excluding tert-OH is 1. The first kappa shape index (κ1) is 15.1. The van der Waals surface area contributed by atoms with E-state index in [2.05, 4.69) is 0 Å². The van der Waals surface area contributed by atoms with E-state index >= 15 is 0 Å². The van der Waals surface area contributed by atoms with Crippen LogP contribution in [0.5, 0.6) is 5.75 Å². The molecule has 0 saturated carbocycles. The van der Waals surface area contributed by atoms with Gasteiger partial charge in [0.1, 0.15) is 5.75 Å². The molecule has 20 heavy (non-hydrogen) atoms. The van der Waals surface area contributed by atoms with Gasteiger partial charge in [-0.2, -0.15) is 0 Å². The molecule has 0 aliphatic carbocycles. The molecule has 0 spiro atoms. The highest BCUT2D eigenvalue weighted by molar-refractivity contribution is 6.32. The predicted molar refractivity (Wildman–Crippen MR) is 74.8 cm³/mol. The summed E-state index contributed by atoms with van der Waals surface area (Å²) >= 11 is 5.83. The molecule has 0 radical (unpaired) electrons. The van der Waals surface area contributed by atoms with Crippen LogP contribution >= 0.6 is 11.6 Å². The molecule has 5 nitrogen and oxygen atoms in total. The van der Waals surface area contributed by atoms with E-state index in [0.29, 0.717) is 26.3 Å². The first-order valence-electron chi connectivity index (χ1n) is 6.54. The molecule has 0 unspecified atom stereocenters. The zero-order chi connectivity index (χ0) is 14.5. The average molecular weight is 300 g/mol. The fourth-order valence-electron chi connectivity index (χ4n) is 2.16. The Morgan fingerprint density at radius 1 is 1.50 bits per heavy atom. The van der Waals surface area contributed by atoms with Crippen molar-refractivity contribution >= 4 is 17.5 Å². The van der Waals surface area contributed by atoms with Crippen LogP contribution in [0.3, 0.4) is 0 Å². The summed E-state index contributed by atoms with van der Waals surface area (Å²) in [5.41, 5.74) is 0.753. The SMILES string of the molecule is O=C(Cc1ccc(O)c(Cl)c1)N1CCOC[C@@H](CO)C1. The lowest BCUT2D eigenvalue weighted by Crippen LogP contribution is -2.37. The standard InChI is InChI=1S/C14H18ClNO4/c15-12-5-10(1-2-13(12)18)6-14(19)16-3-4-20-9-11(7-16)8-17/h1-2,5,11,17-18H,3-4,6-9H2/t11-/m1/s1. The summed E-state index contributed by atoms with van der Waals surface area (Å²) in [6.45, 7) is 2.00. The quantitative estimate of drug-likeness (QED) is 0.875. The number of hydrogen-bond donors (Lipinski definition) is 2. The van der Waals surface area contributed by atoms with Gasteiger partial charge >= 0.3 is 0 Å². The zero-order valence-electron chi connectivity index (χ0n) is 11.1. The Bertz CT molecular complexity index is 480. The smallest absolute Gasteiger partial charge is 0.227 e. The van der Waals surface area contributed by atoms with Crippen LogP contribution in [-0.2, 0) is 16.0 Å². The van der Waals surface area contributed by atoms with Crippen LogP contribution in [-0.4, -0.2) is 53.9 Å². The molecular formula is C14H18ClNO4. The molecule has 1 fully saturated rings. The minimum Gasteiger partial charge on any atom is -0.506 e. The monoisotopic (exact) mass is 299 g/mol. The highest BCUT2D eigenvalue weighted by atomic mass is 35.5. The summed E-state index contributed by atoms with van der Waals surface area (Å²) in [5, 5.41) is 18.8. The maximum atomic E-state index is 12.3. The molecule has 110 valence electrons. The molecule has 2 N–H and O–H groups in total. The highest BCUT2D eigenvalue weighted by Gasteiger charge is 2.22. The molecule has 1 aliphatic rings. The summed E-state index contributed by atoms with van der Waals surface area (Å²) in [6.07, 6.45) is 0.220. The van der Waals surface area contributed by atoms with E-state index in [4.69, 9.17) is 16.3 Å². The number of carbonyl (C=O) groups is 1. The number of nitrogens with zero attached hydrogens (tertiary/aromatic N) is 1. The molecule has 1 aromatic rings. The molecule has 1 aliphatic heterocycles. The lowest BCUT2D eigenvalue weighted by atomic mass is 10.1. The third kappa shape index (κ3) is 3.85. The maximum Gasteiger partial charge on any atom is 0.227 e. The Labute approximate surface area is 122 Å². The normalized spacial score (nSPS) is 19.7. The van der Waals surface area contributed by atoms with Crippen molar-refractivity contribution in [3.63, 3.8) is 0 Å². The Morgan fingerprint density at radius 2 is 2.30 bits per heavy atom. The van der Waals surface area contributed by atoms with Gasteiger partial charge in [0.25, 0.3) is 0 Å². The number of phenols is 1. The van der Waals surface area contributed by atoms with E-state index in [1.165, 1.54) is 6.07 Å². The van der Waals surface area contributed by atoms with Gasteiger partial charge in [0.2, 0.25) is 5.91 Å². The van der Waals surface area contributed by atoms with Gasteiger partial charge in [0, 0.05) is 25.6 Å². The van der Waals surface area contributed by atoms with Crippen molar-refractivity contribution in [2.24, 2.45) is 5.92 Å². The second-order valence-electron chi connectivity index (χ2n) is 4.93. The highest BCUT2D eigenvalue weighted by Crippen LogP contribution is 2.24. The molecule has 1 aromatic carbocycles. The Morgan fingerprint density at radius 3 is 3.00 bits per heavy atom. The molecule has 1 amide bonds. The lowest BCUT2D eigenvalue weighted by Gasteiger charge is -2.22. The van der Waals surface area contributed by atoms with E-state index in [-0.39, 0.29) is 35.6 Å². The number of hydrogen-bond acceptors (Lipinski definition) is 4. The van der Waals surface area contributed by atoms with E-state index in [0.717, 1.165) is 5.56 Å². The largest absolute Gasteiger partial charge is 0.506 e. The number of carbonyl (C=O) groups excluding carboxylic acids is 1. The number of aromatic hydroxyl groups is 1. The van der Waals surface area contributed by atoms with E-state index < -0.39 is 0 Å². The minimum absolute atomic E-state index is 0.00591. The number of rotatable bonds is 3. The van der Waals surface area contributed by atoms with E-state index in [9.17, 15) is 15.0 Å². The first-order chi connectivity index (χ1) is 9.60. The van der Waals surface area contributed by atoms with Crippen molar-refractivity contribution in [1.82, 2.24) is 4.90 Å². The second kappa shape index (κ2) is 6.92. The first-order valence-corrected chi connectivity index (χ1v) is 6.91. The van der Waals surface area contributed by atoms with Crippen molar-refractivity contribution in [3.8, 4) is 5.75 Å². The van der Waals surface area contributed by atoms with Crippen LogP contribution in [0.2, 0.25) is 5.02 Å². The lowest BCUT2D eigenvalue weighted by molar-refractivity contribution is -0.131. The number of phenolic OH excluding ortho intramolecular Hbond substituents is 1. The van der Waals surface area contributed by atoms with Crippen LogP contribution in [0.15, 0.2) is 18.2 Å². The molecular weight excluding hydrogens is 282 g/mol. The Balaban J connectivity index is 2.01. The molecule has 1 atom stereocenters. The summed E-state index contributed by atoms with van der Waals surface area (Å²) in [4.78, 5) is 14.0. The molecule has 1 heterocycles. The Kier molecular flexibility index (Phi) is 5.23.